The van der Waals surface area contributed by atoms with Crippen LogP contribution < -0.4 is 10.6 Å². The molecule has 5 nitrogen and oxygen atoms in total. The van der Waals surface area contributed by atoms with Gasteiger partial charge in [-0.1, -0.05) is 19.8 Å². The summed E-state index contributed by atoms with van der Waals surface area (Å²) in [4.78, 5) is 13.7. The lowest BCUT2D eigenvalue weighted by Gasteiger charge is -2.35. The van der Waals surface area contributed by atoms with Crippen molar-refractivity contribution in [3.8, 4) is 0 Å². The zero-order valence-corrected chi connectivity index (χ0v) is 14.3. The molecule has 2 heterocycles. The normalized spacial score (nSPS) is 22.3. The molecule has 0 spiro atoms. The van der Waals surface area contributed by atoms with Gasteiger partial charge in [0.15, 0.2) is 11.1 Å². The van der Waals surface area contributed by atoms with Crippen LogP contribution in [0.2, 0.25) is 0 Å². The van der Waals surface area contributed by atoms with E-state index in [1.165, 1.54) is 32.1 Å². The molecular weight excluding hydrogens is 294 g/mol. The van der Waals surface area contributed by atoms with E-state index in [2.05, 4.69) is 21.7 Å². The molecule has 3 rings (SSSR count). The summed E-state index contributed by atoms with van der Waals surface area (Å²) in [6.45, 7) is 7.03. The SMILES string of the molecule is CCC1(CN=C(N)N2CCN(c3nccs3)CC2)CCCC1. The average Bonchev–Trinajstić information content (AvgIpc) is 3.25. The van der Waals surface area contributed by atoms with Crippen LogP contribution >= 0.6 is 11.3 Å². The molecule has 2 fully saturated rings. The van der Waals surface area contributed by atoms with Crippen LogP contribution in [-0.2, 0) is 0 Å². The maximum atomic E-state index is 6.25. The Morgan fingerprint density at radius 1 is 1.32 bits per heavy atom. The highest BCUT2D eigenvalue weighted by Crippen LogP contribution is 2.41. The second kappa shape index (κ2) is 6.86. The molecule has 0 aromatic carbocycles. The van der Waals surface area contributed by atoms with Crippen molar-refractivity contribution in [1.82, 2.24) is 9.88 Å². The van der Waals surface area contributed by atoms with Crippen molar-refractivity contribution in [1.29, 1.82) is 0 Å². The van der Waals surface area contributed by atoms with Crippen LogP contribution in [0.4, 0.5) is 5.13 Å². The minimum absolute atomic E-state index is 0.424. The van der Waals surface area contributed by atoms with Gasteiger partial charge in [-0.3, -0.25) is 4.99 Å². The van der Waals surface area contributed by atoms with Crippen LogP contribution in [0.25, 0.3) is 0 Å². The maximum absolute atomic E-state index is 6.25. The molecule has 6 heteroatoms. The van der Waals surface area contributed by atoms with Crippen LogP contribution in [0.5, 0.6) is 0 Å². The summed E-state index contributed by atoms with van der Waals surface area (Å²) in [6.07, 6.45) is 8.44. The second-order valence-electron chi connectivity index (χ2n) is 6.52. The van der Waals surface area contributed by atoms with E-state index in [-0.39, 0.29) is 0 Å². The summed E-state index contributed by atoms with van der Waals surface area (Å²) in [7, 11) is 0. The number of nitrogens with zero attached hydrogens (tertiary/aromatic N) is 4. The third kappa shape index (κ3) is 3.37. The van der Waals surface area contributed by atoms with E-state index in [9.17, 15) is 0 Å². The van der Waals surface area contributed by atoms with Crippen molar-refractivity contribution in [2.75, 3.05) is 37.6 Å². The molecule has 1 saturated carbocycles. The Labute approximate surface area is 137 Å². The zero-order valence-electron chi connectivity index (χ0n) is 13.5. The number of aliphatic imine (C=N–C) groups is 1. The molecular formula is C16H27N5S. The van der Waals surface area contributed by atoms with Crippen LogP contribution in [0.1, 0.15) is 39.0 Å². The number of thiazole rings is 1. The highest BCUT2D eigenvalue weighted by Gasteiger charge is 2.32. The molecule has 1 saturated heterocycles. The molecule has 2 N–H and O–H groups in total. The first-order valence-corrected chi connectivity index (χ1v) is 9.30. The molecule has 22 heavy (non-hydrogen) atoms. The Balaban J connectivity index is 1.53. The van der Waals surface area contributed by atoms with Crippen molar-refractivity contribution < 1.29 is 0 Å². The third-order valence-corrected chi connectivity index (χ3v) is 6.12. The quantitative estimate of drug-likeness (QED) is 0.684. The fraction of sp³-hybridized carbons (Fsp3) is 0.750. The van der Waals surface area contributed by atoms with E-state index in [4.69, 9.17) is 10.7 Å². The van der Waals surface area contributed by atoms with Gasteiger partial charge >= 0.3 is 0 Å². The fourth-order valence-corrected chi connectivity index (χ4v) is 4.29. The minimum atomic E-state index is 0.424. The molecule has 1 aliphatic heterocycles. The van der Waals surface area contributed by atoms with Crippen LogP contribution in [0.15, 0.2) is 16.6 Å². The second-order valence-corrected chi connectivity index (χ2v) is 7.40. The van der Waals surface area contributed by atoms with E-state index < -0.39 is 0 Å². The van der Waals surface area contributed by atoms with Gasteiger partial charge in [-0.2, -0.15) is 0 Å². The van der Waals surface area contributed by atoms with Gasteiger partial charge in [-0.05, 0) is 24.7 Å². The van der Waals surface area contributed by atoms with E-state index in [1.807, 2.05) is 11.6 Å². The lowest BCUT2D eigenvalue weighted by molar-refractivity contribution is 0.294. The molecule has 0 unspecified atom stereocenters. The number of aromatic nitrogens is 1. The average molecular weight is 321 g/mol. The molecule has 0 radical (unpaired) electrons. The topological polar surface area (TPSA) is 57.8 Å². The number of hydrogen-bond acceptors (Lipinski definition) is 4. The van der Waals surface area contributed by atoms with Gasteiger partial charge < -0.3 is 15.5 Å². The highest BCUT2D eigenvalue weighted by molar-refractivity contribution is 7.13. The van der Waals surface area contributed by atoms with Gasteiger partial charge in [-0.25, -0.2) is 4.98 Å². The smallest absolute Gasteiger partial charge is 0.191 e. The highest BCUT2D eigenvalue weighted by atomic mass is 32.1. The van der Waals surface area contributed by atoms with Gasteiger partial charge in [-0.15, -0.1) is 11.3 Å². The summed E-state index contributed by atoms with van der Waals surface area (Å²) in [5, 5.41) is 3.15. The van der Waals surface area contributed by atoms with Crippen LogP contribution in [0.3, 0.4) is 0 Å². The van der Waals surface area contributed by atoms with E-state index in [0.717, 1.165) is 43.8 Å². The number of rotatable bonds is 4. The molecule has 122 valence electrons. The van der Waals surface area contributed by atoms with Crippen molar-refractivity contribution >= 4 is 22.4 Å². The summed E-state index contributed by atoms with van der Waals surface area (Å²) < 4.78 is 0. The Bertz CT molecular complexity index is 485. The predicted molar refractivity (Wildman–Crippen MR) is 93.6 cm³/mol. The Morgan fingerprint density at radius 3 is 2.64 bits per heavy atom. The third-order valence-electron chi connectivity index (χ3n) is 5.28. The zero-order chi connectivity index (χ0) is 15.4. The fourth-order valence-electron chi connectivity index (χ4n) is 3.60. The molecule has 1 aromatic rings. The predicted octanol–water partition coefficient (Wildman–Crippen LogP) is 2.55. The molecule has 2 aliphatic rings. The molecule has 1 aromatic heterocycles. The Hall–Kier alpha value is -1.30. The van der Waals surface area contributed by atoms with Gasteiger partial charge in [0.2, 0.25) is 0 Å². The first-order valence-electron chi connectivity index (χ1n) is 8.42. The van der Waals surface area contributed by atoms with E-state index in [1.54, 1.807) is 11.3 Å². The number of anilines is 1. The number of nitrogens with two attached hydrogens (primary N) is 1. The van der Waals surface area contributed by atoms with E-state index in [0.29, 0.717) is 5.41 Å². The molecule has 0 amide bonds. The Morgan fingerprint density at radius 2 is 2.05 bits per heavy atom. The monoisotopic (exact) mass is 321 g/mol. The largest absolute Gasteiger partial charge is 0.370 e. The first-order chi connectivity index (χ1) is 10.7. The summed E-state index contributed by atoms with van der Waals surface area (Å²) in [5.41, 5.74) is 6.67. The molecule has 0 bridgehead atoms. The number of hydrogen-bond donors (Lipinski definition) is 1. The van der Waals surface area contributed by atoms with Gasteiger partial charge in [0.25, 0.3) is 0 Å². The number of piperazine rings is 1. The van der Waals surface area contributed by atoms with Gasteiger partial charge in [0, 0.05) is 44.3 Å². The number of guanidine groups is 1. The summed E-state index contributed by atoms with van der Waals surface area (Å²) in [6, 6.07) is 0. The van der Waals surface area contributed by atoms with Crippen LogP contribution in [0, 0.1) is 5.41 Å². The minimum Gasteiger partial charge on any atom is -0.370 e. The lowest BCUT2D eigenvalue weighted by Crippen LogP contribution is -2.51. The summed E-state index contributed by atoms with van der Waals surface area (Å²) in [5.74, 6) is 0.735. The maximum Gasteiger partial charge on any atom is 0.191 e. The van der Waals surface area contributed by atoms with Crippen molar-refractivity contribution in [2.45, 2.75) is 39.0 Å². The van der Waals surface area contributed by atoms with Gasteiger partial charge in [0.1, 0.15) is 0 Å². The molecule has 0 atom stereocenters. The van der Waals surface area contributed by atoms with Crippen LogP contribution in [-0.4, -0.2) is 48.6 Å². The van der Waals surface area contributed by atoms with Crippen molar-refractivity contribution in [2.24, 2.45) is 16.1 Å². The van der Waals surface area contributed by atoms with Gasteiger partial charge in [0.05, 0.1) is 0 Å². The lowest BCUT2D eigenvalue weighted by atomic mass is 9.84. The first kappa shape index (κ1) is 15.6. The molecule has 1 aliphatic carbocycles. The Kier molecular flexibility index (Phi) is 4.86. The van der Waals surface area contributed by atoms with Crippen molar-refractivity contribution in [3.63, 3.8) is 0 Å². The van der Waals surface area contributed by atoms with E-state index >= 15 is 0 Å². The summed E-state index contributed by atoms with van der Waals surface area (Å²) >= 11 is 1.70. The standard InChI is InChI=1S/C16H27N5S/c1-2-16(5-3-4-6-16)13-19-14(17)20-8-10-21(11-9-20)15-18-7-12-22-15/h7,12H,2-6,8-11,13H2,1H3,(H2,17,19). The van der Waals surface area contributed by atoms with Crippen molar-refractivity contribution in [3.05, 3.63) is 11.6 Å².